The first-order chi connectivity index (χ1) is 14.0. The van der Waals surface area contributed by atoms with Crippen LogP contribution in [0.4, 0.5) is 11.5 Å². The van der Waals surface area contributed by atoms with E-state index in [-0.39, 0.29) is 11.4 Å². The summed E-state index contributed by atoms with van der Waals surface area (Å²) in [7, 11) is 0. The van der Waals surface area contributed by atoms with E-state index in [9.17, 15) is 15.2 Å². The maximum absolute atomic E-state index is 11.0. The van der Waals surface area contributed by atoms with E-state index in [4.69, 9.17) is 0 Å². The summed E-state index contributed by atoms with van der Waals surface area (Å²) in [5.74, 6) is 0.695. The van der Waals surface area contributed by atoms with Gasteiger partial charge in [-0.25, -0.2) is 4.98 Å². The average molecular weight is 386 g/mol. The van der Waals surface area contributed by atoms with Crippen molar-refractivity contribution in [2.24, 2.45) is 0 Å². The molecule has 2 N–H and O–H groups in total. The summed E-state index contributed by atoms with van der Waals surface area (Å²) in [5, 5.41) is 26.1. The molecule has 0 saturated heterocycles. The van der Waals surface area contributed by atoms with E-state index >= 15 is 0 Å². The number of aromatic nitrogens is 2. The second-order valence-electron chi connectivity index (χ2n) is 6.72. The Morgan fingerprint density at radius 1 is 1.03 bits per heavy atom. The highest BCUT2D eigenvalue weighted by molar-refractivity contribution is 5.86. The summed E-state index contributed by atoms with van der Waals surface area (Å²) in [5.41, 5.74) is 2.90. The summed E-state index contributed by atoms with van der Waals surface area (Å²) in [6.07, 6.45) is 3.33. The molecule has 1 atom stereocenters. The molecule has 0 aliphatic rings. The molecule has 29 heavy (non-hydrogen) atoms. The highest BCUT2D eigenvalue weighted by atomic mass is 16.6. The molecule has 7 nitrogen and oxygen atoms in total. The predicted molar refractivity (Wildman–Crippen MR) is 111 cm³/mol. The summed E-state index contributed by atoms with van der Waals surface area (Å²) in [6.45, 7) is 1.96. The number of phenols is 1. The van der Waals surface area contributed by atoms with E-state index in [1.807, 2.05) is 43.3 Å². The van der Waals surface area contributed by atoms with Crippen LogP contribution < -0.4 is 5.32 Å². The van der Waals surface area contributed by atoms with Gasteiger partial charge in [-0.3, -0.25) is 15.1 Å². The molecule has 0 amide bonds. The van der Waals surface area contributed by atoms with Gasteiger partial charge in [-0.05, 0) is 48.4 Å². The number of non-ortho nitro benzene ring substituents is 1. The molecule has 2 aromatic carbocycles. The Bertz CT molecular complexity index is 1190. The number of hydrogen-bond donors (Lipinski definition) is 2. The summed E-state index contributed by atoms with van der Waals surface area (Å²) in [4.78, 5) is 19.2. The molecule has 4 aromatic rings. The number of aryl methyl sites for hydroxylation is 1. The summed E-state index contributed by atoms with van der Waals surface area (Å²) >= 11 is 0. The number of anilines is 1. The fourth-order valence-corrected chi connectivity index (χ4v) is 3.27. The van der Waals surface area contributed by atoms with E-state index in [0.717, 1.165) is 16.5 Å². The number of nitrogens with one attached hydrogen (secondary N) is 1. The molecule has 0 radical (unpaired) electrons. The Morgan fingerprint density at radius 2 is 1.83 bits per heavy atom. The van der Waals surface area contributed by atoms with Crippen molar-refractivity contribution in [3.63, 3.8) is 0 Å². The third kappa shape index (κ3) is 3.70. The van der Waals surface area contributed by atoms with Crippen LogP contribution in [0.2, 0.25) is 0 Å². The van der Waals surface area contributed by atoms with Crippen molar-refractivity contribution in [1.82, 2.24) is 9.97 Å². The highest BCUT2D eigenvalue weighted by Crippen LogP contribution is 2.36. The number of benzene rings is 2. The number of rotatable bonds is 5. The van der Waals surface area contributed by atoms with Crippen LogP contribution in [0, 0.1) is 17.0 Å². The van der Waals surface area contributed by atoms with E-state index in [1.165, 1.54) is 12.1 Å². The van der Waals surface area contributed by atoms with Crippen LogP contribution in [0.3, 0.4) is 0 Å². The lowest BCUT2D eigenvalue weighted by molar-refractivity contribution is -0.384. The number of phenolic OH excluding ortho intramolecular Hbond substituents is 1. The number of hydrogen-bond acceptors (Lipinski definition) is 6. The standard InChI is InChI=1S/C22H18N4O3/c1-14-10-12-23-19(13-14)25-20(16-4-7-17(8-5-16)26(28)29)18-9-6-15-3-2-11-24-21(15)22(18)27/h2-13,20,27H,1H3,(H,23,25)/t20-/m1/s1. The first-order valence-electron chi connectivity index (χ1n) is 9.03. The van der Waals surface area contributed by atoms with Crippen LogP contribution in [-0.4, -0.2) is 20.0 Å². The maximum atomic E-state index is 11.0. The van der Waals surface area contributed by atoms with Gasteiger partial charge in [0.2, 0.25) is 0 Å². The Balaban J connectivity index is 1.83. The molecule has 0 saturated carbocycles. The van der Waals surface area contributed by atoms with Crippen LogP contribution in [0.25, 0.3) is 10.9 Å². The fraction of sp³-hybridized carbons (Fsp3) is 0.0909. The van der Waals surface area contributed by atoms with Crippen LogP contribution in [0.1, 0.15) is 22.7 Å². The minimum Gasteiger partial charge on any atom is -0.505 e. The minimum absolute atomic E-state index is 0.00517. The van der Waals surface area contributed by atoms with Gasteiger partial charge in [-0.1, -0.05) is 18.2 Å². The van der Waals surface area contributed by atoms with Crippen LogP contribution in [-0.2, 0) is 0 Å². The van der Waals surface area contributed by atoms with Gasteiger partial charge >= 0.3 is 0 Å². The molecule has 0 unspecified atom stereocenters. The van der Waals surface area contributed by atoms with E-state index in [0.29, 0.717) is 16.9 Å². The van der Waals surface area contributed by atoms with Crippen LogP contribution >= 0.6 is 0 Å². The van der Waals surface area contributed by atoms with E-state index in [2.05, 4.69) is 15.3 Å². The summed E-state index contributed by atoms with van der Waals surface area (Å²) in [6, 6.07) is 17.0. The first-order valence-corrected chi connectivity index (χ1v) is 9.03. The Morgan fingerprint density at radius 3 is 2.55 bits per heavy atom. The molecule has 2 aromatic heterocycles. The van der Waals surface area contributed by atoms with Gasteiger partial charge in [0.1, 0.15) is 17.1 Å². The van der Waals surface area contributed by atoms with Crippen molar-refractivity contribution in [3.05, 3.63) is 99.9 Å². The largest absolute Gasteiger partial charge is 0.505 e. The lowest BCUT2D eigenvalue weighted by Crippen LogP contribution is -2.14. The Hall–Kier alpha value is -4.00. The number of nitrogens with zero attached hydrogens (tertiary/aromatic N) is 3. The molecule has 0 bridgehead atoms. The monoisotopic (exact) mass is 386 g/mol. The van der Waals surface area contributed by atoms with Gasteiger partial charge in [-0.15, -0.1) is 0 Å². The Kier molecular flexibility index (Phi) is 4.78. The predicted octanol–water partition coefficient (Wildman–Crippen LogP) is 4.75. The summed E-state index contributed by atoms with van der Waals surface area (Å²) < 4.78 is 0. The molecule has 0 aliphatic heterocycles. The van der Waals surface area contributed by atoms with Gasteiger partial charge in [0.25, 0.3) is 5.69 Å². The fourth-order valence-electron chi connectivity index (χ4n) is 3.27. The number of fused-ring (bicyclic) bond motifs is 1. The van der Waals surface area contributed by atoms with Crippen molar-refractivity contribution in [3.8, 4) is 5.75 Å². The topological polar surface area (TPSA) is 101 Å². The molecular formula is C22H18N4O3. The molecule has 0 aliphatic carbocycles. The minimum atomic E-state index is -0.475. The van der Waals surface area contributed by atoms with Crippen molar-refractivity contribution in [2.75, 3.05) is 5.32 Å². The van der Waals surface area contributed by atoms with Gasteiger partial charge in [0.15, 0.2) is 0 Å². The first kappa shape index (κ1) is 18.4. The van der Waals surface area contributed by atoms with Crippen molar-refractivity contribution in [1.29, 1.82) is 0 Å². The van der Waals surface area contributed by atoms with Crippen molar-refractivity contribution >= 4 is 22.4 Å². The molecule has 0 fully saturated rings. The Labute approximate surface area is 166 Å². The maximum Gasteiger partial charge on any atom is 0.269 e. The highest BCUT2D eigenvalue weighted by Gasteiger charge is 2.21. The normalized spacial score (nSPS) is 11.9. The third-order valence-corrected chi connectivity index (χ3v) is 4.74. The van der Waals surface area contributed by atoms with Crippen LogP contribution in [0.15, 0.2) is 73.1 Å². The number of nitro benzene ring substituents is 1. The zero-order valence-electron chi connectivity index (χ0n) is 15.6. The van der Waals surface area contributed by atoms with Gasteiger partial charge < -0.3 is 10.4 Å². The average Bonchev–Trinajstić information content (AvgIpc) is 2.73. The zero-order valence-corrected chi connectivity index (χ0v) is 15.6. The quantitative estimate of drug-likeness (QED) is 0.379. The van der Waals surface area contributed by atoms with Gasteiger partial charge in [0.05, 0.1) is 11.0 Å². The smallest absolute Gasteiger partial charge is 0.269 e. The molecule has 2 heterocycles. The lowest BCUT2D eigenvalue weighted by Gasteiger charge is -2.22. The van der Waals surface area contributed by atoms with E-state index in [1.54, 1.807) is 24.5 Å². The zero-order chi connectivity index (χ0) is 20.4. The number of pyridine rings is 2. The third-order valence-electron chi connectivity index (χ3n) is 4.74. The molecule has 0 spiro atoms. The molecular weight excluding hydrogens is 368 g/mol. The number of nitro groups is 1. The second-order valence-corrected chi connectivity index (χ2v) is 6.72. The second kappa shape index (κ2) is 7.55. The lowest BCUT2D eigenvalue weighted by atomic mass is 9.96. The van der Waals surface area contributed by atoms with E-state index < -0.39 is 11.0 Å². The van der Waals surface area contributed by atoms with Crippen LogP contribution in [0.5, 0.6) is 5.75 Å². The van der Waals surface area contributed by atoms with Gasteiger partial charge in [-0.2, -0.15) is 0 Å². The van der Waals surface area contributed by atoms with Crippen molar-refractivity contribution < 1.29 is 10.0 Å². The van der Waals surface area contributed by atoms with Crippen molar-refractivity contribution in [2.45, 2.75) is 13.0 Å². The van der Waals surface area contributed by atoms with Gasteiger partial charge in [0, 0.05) is 35.5 Å². The number of aromatic hydroxyl groups is 1. The molecule has 144 valence electrons. The SMILES string of the molecule is Cc1ccnc(N[C@H](c2ccc([N+](=O)[O-])cc2)c2ccc3cccnc3c2O)c1. The molecule has 4 rings (SSSR count). The molecule has 7 heteroatoms.